The van der Waals surface area contributed by atoms with Crippen LogP contribution in [-0.2, 0) is 5.60 Å². The number of allylic oxidation sites excluding steroid dienone is 1. The largest absolute Gasteiger partial charge is 0.391 e. The molecule has 23 heavy (non-hydrogen) atoms. The molecule has 1 aromatic carbocycles. The first kappa shape index (κ1) is 18.0. The zero-order valence-corrected chi connectivity index (χ0v) is 15.3. The molecule has 2 atom stereocenters. The minimum atomic E-state index is -1.35. The third kappa shape index (κ3) is 3.16. The third-order valence-corrected chi connectivity index (χ3v) is 5.11. The van der Waals surface area contributed by atoms with Crippen molar-refractivity contribution in [1.82, 2.24) is 16.0 Å². The van der Waals surface area contributed by atoms with Crippen molar-refractivity contribution in [2.24, 2.45) is 0 Å². The van der Waals surface area contributed by atoms with Crippen LogP contribution in [0.4, 0.5) is 0 Å². The summed E-state index contributed by atoms with van der Waals surface area (Å²) >= 11 is 12.0. The zero-order chi connectivity index (χ0) is 17.2. The Bertz CT molecular complexity index is 638. The van der Waals surface area contributed by atoms with E-state index in [-0.39, 0.29) is 5.92 Å². The van der Waals surface area contributed by atoms with E-state index in [4.69, 9.17) is 23.2 Å². The molecule has 0 aliphatic heterocycles. The van der Waals surface area contributed by atoms with E-state index in [0.717, 1.165) is 22.7 Å². The van der Waals surface area contributed by atoms with E-state index in [1.807, 2.05) is 45.4 Å². The topological polar surface area (TPSA) is 56.3 Å². The van der Waals surface area contributed by atoms with Crippen LogP contribution >= 0.6 is 23.2 Å². The van der Waals surface area contributed by atoms with Gasteiger partial charge in [-0.25, -0.2) is 0 Å². The van der Waals surface area contributed by atoms with Gasteiger partial charge in [0.15, 0.2) is 0 Å². The van der Waals surface area contributed by atoms with Crippen LogP contribution in [0.3, 0.4) is 0 Å². The monoisotopic (exact) mass is 355 g/mol. The molecule has 0 radical (unpaired) electrons. The predicted molar refractivity (Wildman–Crippen MR) is 96.5 cm³/mol. The first-order valence-electron chi connectivity index (χ1n) is 7.47. The van der Waals surface area contributed by atoms with Crippen LogP contribution in [0.15, 0.2) is 47.4 Å². The van der Waals surface area contributed by atoms with Crippen LogP contribution in [-0.4, -0.2) is 31.1 Å². The van der Waals surface area contributed by atoms with Crippen molar-refractivity contribution in [2.45, 2.75) is 23.3 Å². The molecule has 0 aromatic heterocycles. The van der Waals surface area contributed by atoms with E-state index in [1.54, 1.807) is 6.92 Å². The van der Waals surface area contributed by atoms with Gasteiger partial charge in [0.25, 0.3) is 0 Å². The Balaban J connectivity index is 2.62. The molecule has 0 saturated heterocycles. The fourth-order valence-corrected chi connectivity index (χ4v) is 3.22. The molecule has 0 fully saturated rings. The normalized spacial score (nSPS) is 20.3. The molecule has 1 aromatic rings. The SMILES string of the molecule is CNC1=CC(NC)=C(NC)C1c1ccccc1C(C)(O)C(Cl)Cl. The van der Waals surface area contributed by atoms with E-state index in [2.05, 4.69) is 22.0 Å². The van der Waals surface area contributed by atoms with Crippen molar-refractivity contribution in [2.75, 3.05) is 21.1 Å². The fourth-order valence-electron chi connectivity index (χ4n) is 2.98. The molecule has 0 bridgehead atoms. The third-order valence-electron chi connectivity index (χ3n) is 4.26. The second kappa shape index (κ2) is 7.04. The van der Waals surface area contributed by atoms with Crippen LogP contribution in [0.2, 0.25) is 0 Å². The van der Waals surface area contributed by atoms with E-state index in [9.17, 15) is 5.11 Å². The number of benzene rings is 1. The average molecular weight is 356 g/mol. The number of aliphatic hydroxyl groups is 1. The average Bonchev–Trinajstić information content (AvgIpc) is 2.92. The molecule has 0 saturated carbocycles. The maximum absolute atomic E-state index is 10.8. The predicted octanol–water partition coefficient (Wildman–Crippen LogP) is 2.55. The van der Waals surface area contributed by atoms with Gasteiger partial charge in [0.05, 0.1) is 11.6 Å². The maximum atomic E-state index is 10.8. The lowest BCUT2D eigenvalue weighted by molar-refractivity contribution is 0.0710. The smallest absolute Gasteiger partial charge is 0.140 e. The summed E-state index contributed by atoms with van der Waals surface area (Å²) in [4.78, 5) is -0.933. The molecule has 4 N–H and O–H groups in total. The van der Waals surface area contributed by atoms with Gasteiger partial charge < -0.3 is 21.1 Å². The molecular weight excluding hydrogens is 333 g/mol. The number of nitrogens with one attached hydrogen (secondary N) is 3. The second-order valence-electron chi connectivity index (χ2n) is 5.65. The van der Waals surface area contributed by atoms with E-state index < -0.39 is 10.4 Å². The minimum absolute atomic E-state index is 0.0535. The van der Waals surface area contributed by atoms with Gasteiger partial charge in [0.1, 0.15) is 10.4 Å². The Labute approximate surface area is 147 Å². The van der Waals surface area contributed by atoms with E-state index >= 15 is 0 Å². The number of rotatable bonds is 6. The number of halogens is 2. The molecule has 1 aliphatic rings. The van der Waals surface area contributed by atoms with Crippen LogP contribution in [0.5, 0.6) is 0 Å². The zero-order valence-electron chi connectivity index (χ0n) is 13.7. The van der Waals surface area contributed by atoms with Crippen LogP contribution in [0, 0.1) is 0 Å². The Morgan fingerprint density at radius 2 is 1.74 bits per heavy atom. The van der Waals surface area contributed by atoms with Gasteiger partial charge in [-0.2, -0.15) is 0 Å². The summed E-state index contributed by atoms with van der Waals surface area (Å²) in [6, 6.07) is 7.68. The summed E-state index contributed by atoms with van der Waals surface area (Å²) < 4.78 is 0. The highest BCUT2D eigenvalue weighted by molar-refractivity contribution is 6.45. The van der Waals surface area contributed by atoms with Gasteiger partial charge in [-0.3, -0.25) is 0 Å². The first-order chi connectivity index (χ1) is 10.9. The van der Waals surface area contributed by atoms with Gasteiger partial charge in [-0.05, 0) is 24.1 Å². The highest BCUT2D eigenvalue weighted by atomic mass is 35.5. The molecule has 126 valence electrons. The molecule has 1 aliphatic carbocycles. The molecule has 0 spiro atoms. The summed E-state index contributed by atoms with van der Waals surface area (Å²) in [6.45, 7) is 1.63. The number of likely N-dealkylation sites (N-methyl/N-ethyl adjacent to an activating group) is 3. The van der Waals surface area contributed by atoms with Crippen molar-refractivity contribution in [3.05, 3.63) is 58.6 Å². The van der Waals surface area contributed by atoms with Gasteiger partial charge in [-0.1, -0.05) is 24.3 Å². The highest BCUT2D eigenvalue weighted by Gasteiger charge is 2.37. The van der Waals surface area contributed by atoms with E-state index in [1.165, 1.54) is 0 Å². The molecule has 0 amide bonds. The number of hydrogen-bond donors (Lipinski definition) is 4. The van der Waals surface area contributed by atoms with Gasteiger partial charge in [0.2, 0.25) is 0 Å². The van der Waals surface area contributed by atoms with Gasteiger partial charge in [0, 0.05) is 32.5 Å². The van der Waals surface area contributed by atoms with Crippen LogP contribution in [0.25, 0.3) is 0 Å². The highest BCUT2D eigenvalue weighted by Crippen LogP contribution is 2.42. The Morgan fingerprint density at radius 3 is 2.26 bits per heavy atom. The standard InChI is InChI=1S/C17H23Cl2N3O/c1-17(23,16(18)19)11-8-6-5-7-10(11)14-12(20-2)9-13(21-3)15(14)22-4/h5-9,14,16,20-23H,1-4H3. The summed E-state index contributed by atoms with van der Waals surface area (Å²) in [5.41, 5.74) is 3.39. The summed E-state index contributed by atoms with van der Waals surface area (Å²) in [5, 5.41) is 20.5. The van der Waals surface area contributed by atoms with E-state index in [0.29, 0.717) is 5.56 Å². The molecule has 0 heterocycles. The molecule has 2 rings (SSSR count). The lowest BCUT2D eigenvalue weighted by Crippen LogP contribution is -2.32. The molecular formula is C17H23Cl2N3O. The lowest BCUT2D eigenvalue weighted by atomic mass is 9.84. The number of hydrogen-bond acceptors (Lipinski definition) is 4. The Morgan fingerprint density at radius 1 is 1.09 bits per heavy atom. The summed E-state index contributed by atoms with van der Waals surface area (Å²) in [5.74, 6) is -0.0535. The first-order valence-corrected chi connectivity index (χ1v) is 8.34. The van der Waals surface area contributed by atoms with Crippen LogP contribution < -0.4 is 16.0 Å². The maximum Gasteiger partial charge on any atom is 0.140 e. The quantitative estimate of drug-likeness (QED) is 0.592. The van der Waals surface area contributed by atoms with Crippen LogP contribution in [0.1, 0.15) is 24.0 Å². The molecule has 2 unspecified atom stereocenters. The second-order valence-corrected chi connectivity index (χ2v) is 6.74. The summed E-state index contributed by atoms with van der Waals surface area (Å²) in [7, 11) is 5.66. The van der Waals surface area contributed by atoms with Crippen molar-refractivity contribution in [3.63, 3.8) is 0 Å². The van der Waals surface area contributed by atoms with Crippen molar-refractivity contribution >= 4 is 23.2 Å². The van der Waals surface area contributed by atoms with Crippen molar-refractivity contribution in [1.29, 1.82) is 0 Å². The Kier molecular flexibility index (Phi) is 5.50. The minimum Gasteiger partial charge on any atom is -0.391 e. The lowest BCUT2D eigenvalue weighted by Gasteiger charge is -2.31. The molecule has 4 nitrogen and oxygen atoms in total. The van der Waals surface area contributed by atoms with Gasteiger partial charge >= 0.3 is 0 Å². The van der Waals surface area contributed by atoms with Crippen molar-refractivity contribution < 1.29 is 5.11 Å². The van der Waals surface area contributed by atoms with Gasteiger partial charge in [-0.15, -0.1) is 23.2 Å². The fraction of sp³-hybridized carbons (Fsp3) is 0.412. The van der Waals surface area contributed by atoms with Crippen molar-refractivity contribution in [3.8, 4) is 0 Å². The molecule has 6 heteroatoms. The Hall–Kier alpha value is -1.36. The number of alkyl halides is 2. The summed E-state index contributed by atoms with van der Waals surface area (Å²) in [6.07, 6.45) is 2.06.